The van der Waals surface area contributed by atoms with Crippen LogP contribution in [-0.4, -0.2) is 36.0 Å². The summed E-state index contributed by atoms with van der Waals surface area (Å²) in [4.78, 5) is 13.7. The van der Waals surface area contributed by atoms with E-state index in [1.807, 2.05) is 12.1 Å². The van der Waals surface area contributed by atoms with Crippen LogP contribution in [0.4, 0.5) is 0 Å². The zero-order valence-corrected chi connectivity index (χ0v) is 13.5. The number of benzene rings is 1. The number of carbonyl (C=O) groups is 1. The Balaban J connectivity index is 1.50. The summed E-state index contributed by atoms with van der Waals surface area (Å²) < 4.78 is 6.04. The number of nitrogens with zero attached hydrogens (tertiary/aromatic N) is 1. The van der Waals surface area contributed by atoms with Gasteiger partial charge >= 0.3 is 0 Å². The predicted molar refractivity (Wildman–Crippen MR) is 87.1 cm³/mol. The predicted octanol–water partition coefficient (Wildman–Crippen LogP) is 2.85. The Morgan fingerprint density at radius 2 is 1.82 bits per heavy atom. The number of alkyl halides is 1. The van der Waals surface area contributed by atoms with Crippen molar-refractivity contribution in [2.75, 3.05) is 13.1 Å². The van der Waals surface area contributed by atoms with Crippen LogP contribution < -0.4 is 10.5 Å². The minimum Gasteiger partial charge on any atom is -0.490 e. The maximum Gasteiger partial charge on any atom is 0.240 e. The minimum absolute atomic E-state index is 0.283. The van der Waals surface area contributed by atoms with Gasteiger partial charge in [0.15, 0.2) is 0 Å². The van der Waals surface area contributed by atoms with Gasteiger partial charge < -0.3 is 15.4 Å². The maximum atomic E-state index is 11.1. The second kappa shape index (κ2) is 6.88. The molecule has 0 spiro atoms. The number of carbonyl (C=O) groups excluding carboxylic acids is 1. The summed E-state index contributed by atoms with van der Waals surface area (Å²) >= 11 is 5.93. The van der Waals surface area contributed by atoms with Crippen molar-refractivity contribution in [1.82, 2.24) is 4.90 Å². The molecular weight excluding hydrogens is 300 g/mol. The monoisotopic (exact) mass is 322 g/mol. The average Bonchev–Trinajstić information content (AvgIpc) is 2.47. The van der Waals surface area contributed by atoms with Crippen molar-refractivity contribution in [2.45, 2.75) is 49.6 Å². The molecule has 1 saturated heterocycles. The van der Waals surface area contributed by atoms with Gasteiger partial charge in [0.1, 0.15) is 17.2 Å². The van der Waals surface area contributed by atoms with Crippen LogP contribution in [0, 0.1) is 0 Å². The van der Waals surface area contributed by atoms with Crippen LogP contribution in [0.1, 0.15) is 43.0 Å². The van der Waals surface area contributed by atoms with Gasteiger partial charge in [0, 0.05) is 19.1 Å². The summed E-state index contributed by atoms with van der Waals surface area (Å²) in [5.41, 5.74) is 5.91. The number of hydrogen-bond donors (Lipinski definition) is 1. The van der Waals surface area contributed by atoms with E-state index < -0.39 is 11.3 Å². The van der Waals surface area contributed by atoms with Crippen LogP contribution in [0.3, 0.4) is 0 Å². The van der Waals surface area contributed by atoms with Crippen LogP contribution in [-0.2, 0) is 4.79 Å². The molecule has 0 radical (unpaired) electrons. The molecule has 2 fully saturated rings. The van der Waals surface area contributed by atoms with Gasteiger partial charge in [-0.05, 0) is 43.4 Å². The van der Waals surface area contributed by atoms with Gasteiger partial charge in [-0.3, -0.25) is 4.79 Å². The molecule has 1 aromatic carbocycles. The largest absolute Gasteiger partial charge is 0.490 e. The molecule has 1 heterocycles. The molecule has 1 aromatic rings. The fourth-order valence-corrected chi connectivity index (χ4v) is 3.33. The fraction of sp³-hybridized carbons (Fsp3) is 0.588. The highest BCUT2D eigenvalue weighted by Gasteiger charge is 2.29. The number of hydrogen-bond acceptors (Lipinski definition) is 3. The van der Waals surface area contributed by atoms with Crippen molar-refractivity contribution in [1.29, 1.82) is 0 Å². The van der Waals surface area contributed by atoms with Crippen molar-refractivity contribution in [3.8, 4) is 5.75 Å². The topological polar surface area (TPSA) is 55.6 Å². The molecule has 0 bridgehead atoms. The van der Waals surface area contributed by atoms with E-state index in [2.05, 4.69) is 4.90 Å². The average molecular weight is 323 g/mol. The molecule has 2 aliphatic rings. The van der Waals surface area contributed by atoms with Gasteiger partial charge in [-0.25, -0.2) is 0 Å². The second-order valence-corrected chi connectivity index (χ2v) is 6.71. The lowest BCUT2D eigenvalue weighted by Crippen LogP contribution is -2.46. The highest BCUT2D eigenvalue weighted by molar-refractivity contribution is 6.30. The van der Waals surface area contributed by atoms with Gasteiger partial charge in [0.2, 0.25) is 5.91 Å². The Bertz CT molecular complexity index is 508. The molecule has 0 aromatic heterocycles. The zero-order chi connectivity index (χ0) is 15.5. The van der Waals surface area contributed by atoms with Gasteiger partial charge in [-0.15, -0.1) is 11.6 Å². The van der Waals surface area contributed by atoms with Gasteiger partial charge in [-0.2, -0.15) is 0 Å². The molecule has 1 atom stereocenters. The first-order valence-electron chi connectivity index (χ1n) is 8.07. The van der Waals surface area contributed by atoms with Crippen LogP contribution in [0.15, 0.2) is 24.3 Å². The maximum absolute atomic E-state index is 11.1. The third kappa shape index (κ3) is 3.55. The molecule has 22 heavy (non-hydrogen) atoms. The molecule has 3 rings (SSSR count). The molecule has 1 unspecified atom stereocenters. The lowest BCUT2D eigenvalue weighted by Gasteiger charge is -2.41. The van der Waals surface area contributed by atoms with Crippen molar-refractivity contribution in [2.24, 2.45) is 5.73 Å². The van der Waals surface area contributed by atoms with Crippen LogP contribution in [0.5, 0.6) is 5.75 Å². The summed E-state index contributed by atoms with van der Waals surface area (Å²) in [5.74, 6) is 0.304. The van der Waals surface area contributed by atoms with Crippen molar-refractivity contribution < 1.29 is 9.53 Å². The summed E-state index contributed by atoms with van der Waals surface area (Å²) in [5, 5.41) is -0.778. The molecule has 4 nitrogen and oxygen atoms in total. The Morgan fingerprint density at radius 1 is 1.18 bits per heavy atom. The third-order valence-electron chi connectivity index (χ3n) is 4.79. The summed E-state index contributed by atoms with van der Waals surface area (Å²) in [6, 6.07) is 8.18. The molecule has 1 amide bonds. The van der Waals surface area contributed by atoms with E-state index in [4.69, 9.17) is 22.1 Å². The summed E-state index contributed by atoms with van der Waals surface area (Å²) in [6.45, 7) is 2.28. The van der Waals surface area contributed by atoms with Crippen molar-refractivity contribution in [3.63, 3.8) is 0 Å². The standard InChI is InChI=1S/C17H23ClN2O2/c18-16(17(19)21)12-4-6-14(7-5-12)22-15-8-10-20(11-9-15)13-2-1-3-13/h4-7,13,15-16H,1-3,8-11H2,(H2,19,21). The number of nitrogens with two attached hydrogens (primary N) is 1. The molecule has 1 saturated carbocycles. The Labute approximate surface area is 136 Å². The Kier molecular flexibility index (Phi) is 4.89. The van der Waals surface area contributed by atoms with E-state index in [1.54, 1.807) is 12.1 Å². The first kappa shape index (κ1) is 15.6. The summed E-state index contributed by atoms with van der Waals surface area (Å²) in [7, 11) is 0. The summed E-state index contributed by atoms with van der Waals surface area (Å²) in [6.07, 6.45) is 6.57. The molecular formula is C17H23ClN2O2. The quantitative estimate of drug-likeness (QED) is 0.848. The molecule has 2 N–H and O–H groups in total. The first-order valence-corrected chi connectivity index (χ1v) is 8.51. The number of amides is 1. The van der Waals surface area contributed by atoms with E-state index in [-0.39, 0.29) is 6.10 Å². The number of primary amides is 1. The van der Waals surface area contributed by atoms with Crippen LogP contribution in [0.25, 0.3) is 0 Å². The lowest BCUT2D eigenvalue weighted by molar-refractivity contribution is -0.117. The first-order chi connectivity index (χ1) is 10.6. The smallest absolute Gasteiger partial charge is 0.240 e. The van der Waals surface area contributed by atoms with Crippen LogP contribution in [0.2, 0.25) is 0 Å². The molecule has 1 aliphatic heterocycles. The highest BCUT2D eigenvalue weighted by Crippen LogP contribution is 2.29. The van der Waals surface area contributed by atoms with E-state index in [0.29, 0.717) is 5.56 Å². The zero-order valence-electron chi connectivity index (χ0n) is 12.7. The van der Waals surface area contributed by atoms with Gasteiger partial charge in [0.25, 0.3) is 0 Å². The van der Waals surface area contributed by atoms with E-state index in [0.717, 1.165) is 37.7 Å². The minimum atomic E-state index is -0.778. The van der Waals surface area contributed by atoms with Gasteiger partial charge in [0.05, 0.1) is 0 Å². The third-order valence-corrected chi connectivity index (χ3v) is 5.26. The van der Waals surface area contributed by atoms with Gasteiger partial charge in [-0.1, -0.05) is 18.6 Å². The Morgan fingerprint density at radius 3 is 2.32 bits per heavy atom. The van der Waals surface area contributed by atoms with Crippen molar-refractivity contribution in [3.05, 3.63) is 29.8 Å². The second-order valence-electron chi connectivity index (χ2n) is 6.27. The number of likely N-dealkylation sites (tertiary alicyclic amines) is 1. The van der Waals surface area contributed by atoms with Crippen molar-refractivity contribution >= 4 is 17.5 Å². The lowest BCUT2D eigenvalue weighted by atomic mass is 9.90. The number of piperidine rings is 1. The molecule has 5 heteroatoms. The molecule has 1 aliphatic carbocycles. The number of halogens is 1. The number of rotatable bonds is 5. The van der Waals surface area contributed by atoms with E-state index >= 15 is 0 Å². The molecule has 120 valence electrons. The van der Waals surface area contributed by atoms with E-state index in [9.17, 15) is 4.79 Å². The highest BCUT2D eigenvalue weighted by atomic mass is 35.5. The normalized spacial score (nSPS) is 22.0. The SMILES string of the molecule is NC(=O)C(Cl)c1ccc(OC2CCN(C3CCC3)CC2)cc1. The fourth-order valence-electron chi connectivity index (χ4n) is 3.18. The van der Waals surface area contributed by atoms with E-state index in [1.165, 1.54) is 19.3 Å². The Hall–Kier alpha value is -1.26. The number of ether oxygens (including phenoxy) is 1. The van der Waals surface area contributed by atoms with Crippen LogP contribution >= 0.6 is 11.6 Å².